The monoisotopic (exact) mass is 558 g/mol. The number of amides is 3. The number of nitrogens with two attached hydrogens (primary N) is 1. The van der Waals surface area contributed by atoms with Crippen LogP contribution < -0.4 is 10.6 Å². The predicted octanol–water partition coefficient (Wildman–Crippen LogP) is 6.01. The minimum absolute atomic E-state index is 0.0388. The summed E-state index contributed by atoms with van der Waals surface area (Å²) >= 11 is 15.8. The van der Waals surface area contributed by atoms with E-state index in [1.165, 1.54) is 0 Å². The maximum absolute atomic E-state index is 13.8. The smallest absolute Gasteiger partial charge is 0.332 e. The van der Waals surface area contributed by atoms with Crippen LogP contribution in [0.4, 0.5) is 10.5 Å². The number of hydrogen-bond acceptors (Lipinski definition) is 3. The van der Waals surface area contributed by atoms with Gasteiger partial charge in [-0.1, -0.05) is 75.5 Å². The second kappa shape index (κ2) is 9.41. The fourth-order valence-electron chi connectivity index (χ4n) is 4.06. The lowest BCUT2D eigenvalue weighted by Gasteiger charge is -2.32. The van der Waals surface area contributed by atoms with Gasteiger partial charge in [-0.3, -0.25) is 10.2 Å². The summed E-state index contributed by atoms with van der Waals surface area (Å²) in [5, 5.41) is 8.24. The van der Waals surface area contributed by atoms with Crippen molar-refractivity contribution in [3.8, 4) is 0 Å². The molecule has 0 unspecified atom stereocenters. The summed E-state index contributed by atoms with van der Waals surface area (Å²) in [6, 6.07) is 18.9. The number of nitrogens with zero attached hydrogens (tertiary/aromatic N) is 2. The molecule has 174 valence electrons. The number of anilines is 1. The Bertz CT molecular complexity index is 1260. The van der Waals surface area contributed by atoms with E-state index in [1.54, 1.807) is 54.3 Å². The highest BCUT2D eigenvalue weighted by molar-refractivity contribution is 9.10. The van der Waals surface area contributed by atoms with Crippen molar-refractivity contribution in [2.24, 2.45) is 5.73 Å². The number of urea groups is 1. The molecule has 0 bridgehead atoms. The van der Waals surface area contributed by atoms with Crippen LogP contribution in [0.2, 0.25) is 10.0 Å². The summed E-state index contributed by atoms with van der Waals surface area (Å²) in [6.07, 6.45) is 0.321. The number of amidine groups is 1. The second-order valence-corrected chi connectivity index (χ2v) is 10.1. The molecule has 0 spiro atoms. The van der Waals surface area contributed by atoms with Gasteiger partial charge in [0.1, 0.15) is 11.4 Å². The lowest BCUT2D eigenvalue weighted by molar-refractivity contribution is -0.124. The number of carbonyl (C=O) groups excluding carboxylic acids is 2. The molecule has 1 heterocycles. The summed E-state index contributed by atoms with van der Waals surface area (Å²) < 4.78 is 0.924. The number of benzene rings is 3. The van der Waals surface area contributed by atoms with E-state index in [2.05, 4.69) is 15.9 Å². The van der Waals surface area contributed by atoms with Crippen LogP contribution in [-0.2, 0) is 17.8 Å². The molecular weight excluding hydrogens is 539 g/mol. The van der Waals surface area contributed by atoms with Crippen LogP contribution >= 0.6 is 39.1 Å². The first-order chi connectivity index (χ1) is 16.1. The molecule has 1 aliphatic heterocycles. The average molecular weight is 560 g/mol. The van der Waals surface area contributed by atoms with E-state index < -0.39 is 11.6 Å². The highest BCUT2D eigenvalue weighted by Gasteiger charge is 2.54. The number of carbonyl (C=O) groups is 2. The Morgan fingerprint density at radius 3 is 2.09 bits per heavy atom. The van der Waals surface area contributed by atoms with Crippen molar-refractivity contribution in [2.45, 2.75) is 25.4 Å². The van der Waals surface area contributed by atoms with Crippen LogP contribution in [0, 0.1) is 5.41 Å². The highest BCUT2D eigenvalue weighted by Crippen LogP contribution is 2.38. The second-order valence-electron chi connectivity index (χ2n) is 8.32. The molecule has 1 saturated heterocycles. The number of nitrogens with one attached hydrogen (secondary N) is 1. The standard InChI is InChI=1S/C25H21BrCl2N4O2/c1-25(13-15-4-8-18(26)9-5-15)23(33)32(21-11-19(27)10-20(28)12-21)24(34)31(25)14-16-2-6-17(7-3-16)22(29)30/h2-12H,13-14H2,1H3,(H3,29,30)/t25-/m1/s1. The van der Waals surface area contributed by atoms with Gasteiger partial charge in [0, 0.05) is 33.0 Å². The fraction of sp³-hybridized carbons (Fsp3) is 0.160. The average Bonchev–Trinajstić information content (AvgIpc) is 2.95. The van der Waals surface area contributed by atoms with E-state index in [1.807, 2.05) is 24.3 Å². The van der Waals surface area contributed by atoms with E-state index in [0.717, 1.165) is 20.5 Å². The van der Waals surface area contributed by atoms with Gasteiger partial charge < -0.3 is 10.6 Å². The molecule has 3 aromatic carbocycles. The topological polar surface area (TPSA) is 90.5 Å². The molecule has 6 nitrogen and oxygen atoms in total. The molecule has 0 radical (unpaired) electrons. The van der Waals surface area contributed by atoms with Gasteiger partial charge in [0.2, 0.25) is 0 Å². The number of halogens is 3. The molecule has 9 heteroatoms. The van der Waals surface area contributed by atoms with Crippen molar-refractivity contribution in [1.29, 1.82) is 5.41 Å². The molecule has 1 atom stereocenters. The zero-order chi connectivity index (χ0) is 24.6. The van der Waals surface area contributed by atoms with Gasteiger partial charge in [-0.05, 0) is 48.4 Å². The number of nitrogen functional groups attached to an aromatic ring is 1. The van der Waals surface area contributed by atoms with Crippen LogP contribution in [0.5, 0.6) is 0 Å². The molecule has 1 aliphatic rings. The van der Waals surface area contributed by atoms with Gasteiger partial charge in [0.15, 0.2) is 0 Å². The van der Waals surface area contributed by atoms with E-state index in [4.69, 9.17) is 34.3 Å². The summed E-state index contributed by atoms with van der Waals surface area (Å²) in [6.45, 7) is 1.96. The summed E-state index contributed by atoms with van der Waals surface area (Å²) in [7, 11) is 0. The zero-order valence-electron chi connectivity index (χ0n) is 18.2. The van der Waals surface area contributed by atoms with Crippen molar-refractivity contribution < 1.29 is 9.59 Å². The van der Waals surface area contributed by atoms with Crippen LogP contribution in [0.15, 0.2) is 71.2 Å². The molecule has 0 saturated carbocycles. The van der Waals surface area contributed by atoms with Gasteiger partial charge in [-0.15, -0.1) is 0 Å². The molecule has 0 aliphatic carbocycles. The third-order valence-electron chi connectivity index (χ3n) is 5.85. The SMILES string of the molecule is C[C@@]1(Cc2ccc(Br)cc2)C(=O)N(c2cc(Cl)cc(Cl)c2)C(=O)N1Cc1ccc(C(=N)N)cc1. The van der Waals surface area contributed by atoms with Crippen molar-refractivity contribution in [1.82, 2.24) is 4.90 Å². The first-order valence-corrected chi connectivity index (χ1v) is 11.9. The lowest BCUT2D eigenvalue weighted by Crippen LogP contribution is -2.48. The minimum Gasteiger partial charge on any atom is -0.384 e. The summed E-state index contributed by atoms with van der Waals surface area (Å²) in [5.74, 6) is -0.401. The lowest BCUT2D eigenvalue weighted by atomic mass is 9.90. The Hall–Kier alpha value is -2.87. The largest absolute Gasteiger partial charge is 0.384 e. The van der Waals surface area contributed by atoms with Crippen LogP contribution in [0.25, 0.3) is 0 Å². The quantitative estimate of drug-likeness (QED) is 0.220. The van der Waals surface area contributed by atoms with E-state index >= 15 is 0 Å². The molecule has 3 aromatic rings. The number of rotatable bonds is 6. The van der Waals surface area contributed by atoms with E-state index in [-0.39, 0.29) is 18.3 Å². The normalized spacial score (nSPS) is 18.0. The Labute approximate surface area is 215 Å². The van der Waals surface area contributed by atoms with Gasteiger partial charge in [-0.25, -0.2) is 9.69 Å². The maximum Gasteiger partial charge on any atom is 0.332 e. The minimum atomic E-state index is -1.15. The van der Waals surface area contributed by atoms with Crippen molar-refractivity contribution in [3.05, 3.63) is 97.9 Å². The molecular formula is C25H21BrCl2N4O2. The Morgan fingerprint density at radius 2 is 1.53 bits per heavy atom. The number of imide groups is 1. The van der Waals surface area contributed by atoms with E-state index in [9.17, 15) is 9.59 Å². The third-order valence-corrected chi connectivity index (χ3v) is 6.82. The van der Waals surface area contributed by atoms with E-state index in [0.29, 0.717) is 27.7 Å². The first-order valence-electron chi connectivity index (χ1n) is 10.4. The van der Waals surface area contributed by atoms with Gasteiger partial charge in [0.25, 0.3) is 5.91 Å². The first kappa shape index (κ1) is 24.3. The molecule has 3 N–H and O–H groups in total. The third kappa shape index (κ3) is 4.69. The van der Waals surface area contributed by atoms with Crippen LogP contribution in [0.1, 0.15) is 23.6 Å². The zero-order valence-corrected chi connectivity index (χ0v) is 21.3. The predicted molar refractivity (Wildman–Crippen MR) is 139 cm³/mol. The Kier molecular flexibility index (Phi) is 6.71. The van der Waals surface area contributed by atoms with Crippen molar-refractivity contribution >= 4 is 62.6 Å². The molecule has 3 amide bonds. The molecule has 4 rings (SSSR count). The highest BCUT2D eigenvalue weighted by atomic mass is 79.9. The molecule has 34 heavy (non-hydrogen) atoms. The maximum atomic E-state index is 13.8. The molecule has 0 aromatic heterocycles. The van der Waals surface area contributed by atoms with Crippen LogP contribution in [0.3, 0.4) is 0 Å². The van der Waals surface area contributed by atoms with Gasteiger partial charge in [0.05, 0.1) is 5.69 Å². The summed E-state index contributed by atoms with van der Waals surface area (Å²) in [5.41, 5.74) is 7.03. The van der Waals surface area contributed by atoms with Gasteiger partial charge in [-0.2, -0.15) is 0 Å². The fourth-order valence-corrected chi connectivity index (χ4v) is 4.84. The van der Waals surface area contributed by atoms with Gasteiger partial charge >= 0.3 is 6.03 Å². The molecule has 1 fully saturated rings. The number of hydrogen-bond donors (Lipinski definition) is 2. The van der Waals surface area contributed by atoms with Crippen molar-refractivity contribution in [2.75, 3.05) is 4.90 Å². The Balaban J connectivity index is 1.75. The van der Waals surface area contributed by atoms with Crippen molar-refractivity contribution in [3.63, 3.8) is 0 Å². The van der Waals surface area contributed by atoms with Crippen LogP contribution in [-0.4, -0.2) is 28.2 Å². The Morgan fingerprint density at radius 1 is 0.971 bits per heavy atom. The summed E-state index contributed by atoms with van der Waals surface area (Å²) in [4.78, 5) is 30.2.